The Morgan fingerprint density at radius 2 is 2.27 bits per heavy atom. The Bertz CT molecular complexity index is 350. The number of thioether (sulfide) groups is 1. The molecule has 84 valence electrons. The maximum Gasteiger partial charge on any atom is 0.406 e. The lowest BCUT2D eigenvalue weighted by molar-refractivity contribution is -0.142. The summed E-state index contributed by atoms with van der Waals surface area (Å²) in [4.78, 5) is 13.8. The van der Waals surface area contributed by atoms with Gasteiger partial charge in [-0.3, -0.25) is 4.79 Å². The monoisotopic (exact) mass is 240 g/mol. The van der Waals surface area contributed by atoms with Crippen LogP contribution in [0.15, 0.2) is 17.6 Å². The quantitative estimate of drug-likeness (QED) is 0.812. The van der Waals surface area contributed by atoms with E-state index < -0.39 is 18.7 Å². The number of carboxylic acid groups (broad SMARTS) is 1. The summed E-state index contributed by atoms with van der Waals surface area (Å²) in [7, 11) is 0. The van der Waals surface area contributed by atoms with Crippen LogP contribution in [0.4, 0.5) is 13.2 Å². The number of imidazole rings is 1. The lowest BCUT2D eigenvalue weighted by Crippen LogP contribution is -2.18. The smallest absolute Gasteiger partial charge is 0.406 e. The van der Waals surface area contributed by atoms with Gasteiger partial charge in [-0.1, -0.05) is 11.8 Å². The summed E-state index contributed by atoms with van der Waals surface area (Å²) < 4.78 is 36.9. The number of nitrogens with zero attached hydrogens (tertiary/aromatic N) is 2. The molecule has 0 aliphatic rings. The maximum absolute atomic E-state index is 12.0. The third-order valence-electron chi connectivity index (χ3n) is 1.35. The third-order valence-corrected chi connectivity index (χ3v) is 2.34. The molecule has 1 aromatic heterocycles. The van der Waals surface area contributed by atoms with Gasteiger partial charge < -0.3 is 9.67 Å². The van der Waals surface area contributed by atoms with Gasteiger partial charge in [-0.15, -0.1) is 0 Å². The van der Waals surface area contributed by atoms with E-state index in [0.29, 0.717) is 0 Å². The zero-order chi connectivity index (χ0) is 11.5. The first-order chi connectivity index (χ1) is 6.88. The molecule has 0 aromatic carbocycles. The second-order valence-electron chi connectivity index (χ2n) is 2.64. The van der Waals surface area contributed by atoms with Crippen molar-refractivity contribution in [1.29, 1.82) is 0 Å². The maximum atomic E-state index is 12.0. The van der Waals surface area contributed by atoms with Gasteiger partial charge in [0.1, 0.15) is 6.54 Å². The van der Waals surface area contributed by atoms with Crippen LogP contribution in [0.2, 0.25) is 0 Å². The average Bonchev–Trinajstić information content (AvgIpc) is 2.45. The van der Waals surface area contributed by atoms with E-state index in [1.165, 1.54) is 6.20 Å². The van der Waals surface area contributed by atoms with E-state index in [9.17, 15) is 18.0 Å². The summed E-state index contributed by atoms with van der Waals surface area (Å²) in [6.45, 7) is -1.16. The minimum Gasteiger partial charge on any atom is -0.481 e. The number of carboxylic acids is 1. The molecule has 0 aliphatic heterocycles. The predicted octanol–water partition coefficient (Wildman–Crippen LogP) is 1.62. The summed E-state index contributed by atoms with van der Waals surface area (Å²) in [5.41, 5.74) is 0. The van der Waals surface area contributed by atoms with Crippen LogP contribution in [0.25, 0.3) is 0 Å². The highest BCUT2D eigenvalue weighted by Gasteiger charge is 2.28. The summed E-state index contributed by atoms with van der Waals surface area (Å²) in [5, 5.41) is 8.41. The molecule has 0 radical (unpaired) electrons. The van der Waals surface area contributed by atoms with Crippen molar-refractivity contribution in [2.75, 3.05) is 5.75 Å². The molecule has 0 atom stereocenters. The van der Waals surface area contributed by atoms with E-state index in [-0.39, 0.29) is 10.9 Å². The van der Waals surface area contributed by atoms with E-state index in [1.54, 1.807) is 0 Å². The van der Waals surface area contributed by atoms with E-state index in [4.69, 9.17) is 5.11 Å². The standard InChI is InChI=1S/C7H7F3N2O2S/c8-7(9,10)4-12-2-1-11-6(12)15-3-5(13)14/h1-2H,3-4H2,(H,13,14). The second kappa shape index (κ2) is 4.56. The first-order valence-corrected chi connectivity index (χ1v) is 4.79. The molecule has 1 N–H and O–H groups in total. The van der Waals surface area contributed by atoms with E-state index in [1.807, 2.05) is 0 Å². The zero-order valence-corrected chi connectivity index (χ0v) is 8.18. The zero-order valence-electron chi connectivity index (χ0n) is 7.36. The van der Waals surface area contributed by atoms with Crippen molar-refractivity contribution in [2.45, 2.75) is 17.9 Å². The molecule has 1 heterocycles. The largest absolute Gasteiger partial charge is 0.481 e. The highest BCUT2D eigenvalue weighted by atomic mass is 32.2. The van der Waals surface area contributed by atoms with Crippen molar-refractivity contribution in [3.8, 4) is 0 Å². The number of halogens is 3. The third kappa shape index (κ3) is 4.24. The molecule has 15 heavy (non-hydrogen) atoms. The van der Waals surface area contributed by atoms with Crippen LogP contribution in [0.5, 0.6) is 0 Å². The molecule has 0 saturated heterocycles. The fraction of sp³-hybridized carbons (Fsp3) is 0.429. The van der Waals surface area contributed by atoms with Crippen molar-refractivity contribution >= 4 is 17.7 Å². The van der Waals surface area contributed by atoms with Gasteiger partial charge in [-0.2, -0.15) is 13.2 Å². The topological polar surface area (TPSA) is 55.1 Å². The number of aromatic nitrogens is 2. The normalized spacial score (nSPS) is 11.7. The molecule has 0 fully saturated rings. The lowest BCUT2D eigenvalue weighted by Gasteiger charge is -2.09. The van der Waals surface area contributed by atoms with Crippen LogP contribution < -0.4 is 0 Å². The van der Waals surface area contributed by atoms with Gasteiger partial charge in [0.15, 0.2) is 5.16 Å². The van der Waals surface area contributed by atoms with E-state index in [0.717, 1.165) is 22.5 Å². The Morgan fingerprint density at radius 3 is 2.80 bits per heavy atom. The fourth-order valence-electron chi connectivity index (χ4n) is 0.875. The predicted molar refractivity (Wildman–Crippen MR) is 46.6 cm³/mol. The molecule has 0 bridgehead atoms. The van der Waals surface area contributed by atoms with Gasteiger partial charge in [0, 0.05) is 12.4 Å². The molecule has 0 spiro atoms. The molecule has 1 rings (SSSR count). The fourth-order valence-corrected chi connectivity index (χ4v) is 1.55. The Balaban J connectivity index is 2.65. The van der Waals surface area contributed by atoms with Gasteiger partial charge >= 0.3 is 12.1 Å². The molecular weight excluding hydrogens is 233 g/mol. The molecule has 0 aliphatic carbocycles. The van der Waals surface area contributed by atoms with Crippen LogP contribution in [-0.4, -0.2) is 32.6 Å². The number of aliphatic carboxylic acids is 1. The van der Waals surface area contributed by atoms with Crippen LogP contribution in [0.3, 0.4) is 0 Å². The van der Waals surface area contributed by atoms with Crippen LogP contribution >= 0.6 is 11.8 Å². The molecule has 4 nitrogen and oxygen atoms in total. The summed E-state index contributed by atoms with van der Waals surface area (Å²) in [6.07, 6.45) is -1.97. The lowest BCUT2D eigenvalue weighted by atomic mass is 10.6. The van der Waals surface area contributed by atoms with Crippen molar-refractivity contribution in [3.63, 3.8) is 0 Å². The van der Waals surface area contributed by atoms with Gasteiger partial charge in [0.25, 0.3) is 0 Å². The van der Waals surface area contributed by atoms with E-state index in [2.05, 4.69) is 4.98 Å². The highest BCUT2D eigenvalue weighted by molar-refractivity contribution is 7.99. The highest BCUT2D eigenvalue weighted by Crippen LogP contribution is 2.22. The summed E-state index contributed by atoms with van der Waals surface area (Å²) in [6, 6.07) is 0. The molecule has 0 unspecified atom stereocenters. The average molecular weight is 240 g/mol. The van der Waals surface area contributed by atoms with Crippen LogP contribution in [-0.2, 0) is 11.3 Å². The van der Waals surface area contributed by atoms with Crippen LogP contribution in [0.1, 0.15) is 0 Å². The Hall–Kier alpha value is -1.18. The Kier molecular flexibility index (Phi) is 3.61. The van der Waals surface area contributed by atoms with Crippen molar-refractivity contribution in [1.82, 2.24) is 9.55 Å². The minimum atomic E-state index is -4.33. The number of rotatable bonds is 4. The first kappa shape index (κ1) is 11.9. The molecular formula is C7H7F3N2O2S. The Labute approximate surface area is 87.1 Å². The van der Waals surface area contributed by atoms with Crippen molar-refractivity contribution in [3.05, 3.63) is 12.4 Å². The SMILES string of the molecule is O=C(O)CSc1nccn1CC(F)(F)F. The summed E-state index contributed by atoms with van der Waals surface area (Å²) in [5.74, 6) is -1.41. The number of hydrogen-bond donors (Lipinski definition) is 1. The van der Waals surface area contributed by atoms with Crippen molar-refractivity contribution < 1.29 is 23.1 Å². The molecule has 0 amide bonds. The van der Waals surface area contributed by atoms with Gasteiger partial charge in [-0.25, -0.2) is 4.98 Å². The van der Waals surface area contributed by atoms with Gasteiger partial charge in [-0.05, 0) is 0 Å². The van der Waals surface area contributed by atoms with E-state index >= 15 is 0 Å². The van der Waals surface area contributed by atoms with Gasteiger partial charge in [0.2, 0.25) is 0 Å². The molecule has 1 aromatic rings. The second-order valence-corrected chi connectivity index (χ2v) is 3.58. The van der Waals surface area contributed by atoms with Crippen LogP contribution in [0, 0.1) is 0 Å². The first-order valence-electron chi connectivity index (χ1n) is 3.81. The Morgan fingerprint density at radius 1 is 1.60 bits per heavy atom. The summed E-state index contributed by atoms with van der Waals surface area (Å²) >= 11 is 0.755. The van der Waals surface area contributed by atoms with Gasteiger partial charge in [0.05, 0.1) is 5.75 Å². The minimum absolute atomic E-state index is 0.0507. The molecule has 8 heteroatoms. The number of alkyl halides is 3. The van der Waals surface area contributed by atoms with Crippen molar-refractivity contribution in [2.24, 2.45) is 0 Å². The molecule has 0 saturated carbocycles. The number of carbonyl (C=O) groups is 1. The number of hydrogen-bond acceptors (Lipinski definition) is 3.